The van der Waals surface area contributed by atoms with Crippen LogP contribution in [0.25, 0.3) is 10.8 Å². The molecule has 1 saturated heterocycles. The average Bonchev–Trinajstić information content (AvgIpc) is 2.81. The third-order valence-electron chi connectivity index (χ3n) is 5.21. The van der Waals surface area contributed by atoms with Crippen LogP contribution in [0.4, 0.5) is 5.82 Å². The summed E-state index contributed by atoms with van der Waals surface area (Å²) >= 11 is 0. The van der Waals surface area contributed by atoms with Crippen LogP contribution in [0, 0.1) is 11.3 Å². The average molecular weight is 403 g/mol. The summed E-state index contributed by atoms with van der Waals surface area (Å²) in [5.41, 5.74) is 0.601. The maximum atomic E-state index is 12.9. The summed E-state index contributed by atoms with van der Waals surface area (Å²) in [5, 5.41) is 17.0. The Morgan fingerprint density at radius 1 is 1.17 bits per heavy atom. The number of hydrogen-bond acceptors (Lipinski definition) is 7. The highest BCUT2D eigenvalue weighted by Gasteiger charge is 2.21. The number of hydrogen-bond donors (Lipinski definition) is 1. The molecule has 0 radical (unpaired) electrons. The van der Waals surface area contributed by atoms with Crippen molar-refractivity contribution in [3.05, 3.63) is 64.2 Å². The second kappa shape index (κ2) is 8.31. The zero-order valence-electron chi connectivity index (χ0n) is 16.6. The van der Waals surface area contributed by atoms with Gasteiger partial charge in [0.05, 0.1) is 23.7 Å². The van der Waals surface area contributed by atoms with Crippen LogP contribution in [0.3, 0.4) is 0 Å². The second-order valence-electron chi connectivity index (χ2n) is 7.04. The van der Waals surface area contributed by atoms with Gasteiger partial charge in [0.2, 0.25) is 0 Å². The number of benzene rings is 1. The van der Waals surface area contributed by atoms with Crippen LogP contribution in [0.2, 0.25) is 0 Å². The van der Waals surface area contributed by atoms with Crippen molar-refractivity contribution in [1.29, 1.82) is 5.26 Å². The SMILES string of the molecule is CNC(=O)c1nn(CN2CCN(c3cc(C#N)ccn3)CC2)c(=O)c2ccccc12. The number of amides is 1. The first-order chi connectivity index (χ1) is 14.6. The molecule has 0 unspecified atom stereocenters. The van der Waals surface area contributed by atoms with Gasteiger partial charge in [0, 0.05) is 44.8 Å². The topological polar surface area (TPSA) is 107 Å². The number of aromatic nitrogens is 3. The number of fused-ring (bicyclic) bond motifs is 1. The van der Waals surface area contributed by atoms with Crippen molar-refractivity contribution < 1.29 is 4.79 Å². The van der Waals surface area contributed by atoms with Crippen molar-refractivity contribution in [1.82, 2.24) is 25.0 Å². The minimum Gasteiger partial charge on any atom is -0.354 e. The van der Waals surface area contributed by atoms with E-state index >= 15 is 0 Å². The molecule has 30 heavy (non-hydrogen) atoms. The van der Waals surface area contributed by atoms with Gasteiger partial charge in [-0.3, -0.25) is 14.5 Å². The van der Waals surface area contributed by atoms with Gasteiger partial charge in [0.25, 0.3) is 11.5 Å². The zero-order chi connectivity index (χ0) is 21.1. The van der Waals surface area contributed by atoms with Gasteiger partial charge in [0.15, 0.2) is 5.69 Å². The number of rotatable bonds is 4. The minimum absolute atomic E-state index is 0.218. The van der Waals surface area contributed by atoms with Crippen molar-refractivity contribution in [3.8, 4) is 6.07 Å². The number of carbonyl (C=O) groups excluding carboxylic acids is 1. The number of piperazine rings is 1. The summed E-state index contributed by atoms with van der Waals surface area (Å²) in [4.78, 5) is 33.8. The highest BCUT2D eigenvalue weighted by molar-refractivity contribution is 6.04. The standard InChI is InChI=1S/C21H21N7O2/c1-23-20(29)19-16-4-2-3-5-17(16)21(30)28(25-19)14-26-8-10-27(11-9-26)18-12-15(13-22)6-7-24-18/h2-7,12H,8-11,14H2,1H3,(H,23,29). The number of nitrogens with one attached hydrogen (secondary N) is 1. The van der Waals surface area contributed by atoms with Crippen LogP contribution in [0.1, 0.15) is 16.1 Å². The fraction of sp³-hybridized carbons (Fsp3) is 0.286. The largest absolute Gasteiger partial charge is 0.354 e. The molecule has 0 bridgehead atoms. The van der Waals surface area contributed by atoms with E-state index in [1.807, 2.05) is 0 Å². The van der Waals surface area contributed by atoms with Crippen LogP contribution in [0.5, 0.6) is 0 Å². The van der Waals surface area contributed by atoms with E-state index in [0.717, 1.165) is 5.82 Å². The maximum absolute atomic E-state index is 12.9. The van der Waals surface area contributed by atoms with E-state index in [-0.39, 0.29) is 17.2 Å². The van der Waals surface area contributed by atoms with Crippen molar-refractivity contribution in [2.45, 2.75) is 6.67 Å². The van der Waals surface area contributed by atoms with Crippen LogP contribution >= 0.6 is 0 Å². The molecular formula is C21H21N7O2. The monoisotopic (exact) mass is 403 g/mol. The summed E-state index contributed by atoms with van der Waals surface area (Å²) in [6, 6.07) is 12.6. The molecule has 0 spiro atoms. The van der Waals surface area contributed by atoms with Crippen LogP contribution in [0.15, 0.2) is 47.4 Å². The number of pyridine rings is 1. The molecule has 152 valence electrons. The molecule has 3 aromatic rings. The molecule has 0 saturated carbocycles. The lowest BCUT2D eigenvalue weighted by Gasteiger charge is -2.35. The van der Waals surface area contributed by atoms with E-state index in [1.165, 1.54) is 4.68 Å². The zero-order valence-corrected chi connectivity index (χ0v) is 16.6. The van der Waals surface area contributed by atoms with Gasteiger partial charge < -0.3 is 10.2 Å². The fourth-order valence-electron chi connectivity index (χ4n) is 3.59. The lowest BCUT2D eigenvalue weighted by atomic mass is 10.1. The first-order valence-corrected chi connectivity index (χ1v) is 9.66. The Kier molecular flexibility index (Phi) is 5.41. The molecule has 1 aromatic carbocycles. The highest BCUT2D eigenvalue weighted by atomic mass is 16.2. The number of anilines is 1. The first-order valence-electron chi connectivity index (χ1n) is 9.66. The van der Waals surface area contributed by atoms with Crippen LogP contribution < -0.4 is 15.8 Å². The van der Waals surface area contributed by atoms with E-state index in [9.17, 15) is 9.59 Å². The Hall–Kier alpha value is -3.77. The molecule has 1 aliphatic heterocycles. The minimum atomic E-state index is -0.326. The third kappa shape index (κ3) is 3.73. The van der Waals surface area contributed by atoms with Gasteiger partial charge >= 0.3 is 0 Å². The Bertz CT molecular complexity index is 1190. The fourth-order valence-corrected chi connectivity index (χ4v) is 3.59. The normalized spacial score (nSPS) is 14.5. The molecule has 4 rings (SSSR count). The third-order valence-corrected chi connectivity index (χ3v) is 5.21. The van der Waals surface area contributed by atoms with Crippen molar-refractivity contribution in [3.63, 3.8) is 0 Å². The predicted molar refractivity (Wildman–Crippen MR) is 112 cm³/mol. The van der Waals surface area contributed by atoms with E-state index in [0.29, 0.717) is 49.2 Å². The number of nitrogens with zero attached hydrogens (tertiary/aromatic N) is 6. The molecule has 0 atom stereocenters. The summed E-state index contributed by atoms with van der Waals surface area (Å²) in [6.45, 7) is 3.13. The van der Waals surface area contributed by atoms with E-state index < -0.39 is 0 Å². The van der Waals surface area contributed by atoms with Crippen molar-refractivity contribution >= 4 is 22.5 Å². The quantitative estimate of drug-likeness (QED) is 0.687. The van der Waals surface area contributed by atoms with Gasteiger partial charge in [-0.05, 0) is 18.2 Å². The second-order valence-corrected chi connectivity index (χ2v) is 7.04. The highest BCUT2D eigenvalue weighted by Crippen LogP contribution is 2.16. The number of nitriles is 1. The molecular weight excluding hydrogens is 382 g/mol. The van der Waals surface area contributed by atoms with Gasteiger partial charge in [0.1, 0.15) is 5.82 Å². The summed E-state index contributed by atoms with van der Waals surface area (Å²) < 4.78 is 1.36. The van der Waals surface area contributed by atoms with E-state index in [1.54, 1.807) is 49.6 Å². The Morgan fingerprint density at radius 2 is 1.90 bits per heavy atom. The van der Waals surface area contributed by atoms with Gasteiger partial charge in [-0.25, -0.2) is 9.67 Å². The molecule has 1 fully saturated rings. The lowest BCUT2D eigenvalue weighted by Crippen LogP contribution is -2.48. The van der Waals surface area contributed by atoms with Crippen molar-refractivity contribution in [2.75, 3.05) is 38.1 Å². The van der Waals surface area contributed by atoms with E-state index in [4.69, 9.17) is 5.26 Å². The molecule has 0 aliphatic carbocycles. The molecule has 9 nitrogen and oxygen atoms in total. The molecule has 1 N–H and O–H groups in total. The molecule has 1 amide bonds. The Balaban J connectivity index is 1.54. The van der Waals surface area contributed by atoms with Gasteiger partial charge in [-0.1, -0.05) is 18.2 Å². The smallest absolute Gasteiger partial charge is 0.275 e. The van der Waals surface area contributed by atoms with E-state index in [2.05, 4.69) is 31.3 Å². The van der Waals surface area contributed by atoms with Crippen LogP contribution in [-0.4, -0.2) is 58.8 Å². The Morgan fingerprint density at radius 3 is 2.60 bits per heavy atom. The molecule has 2 aromatic heterocycles. The molecule has 1 aliphatic rings. The summed E-state index contributed by atoms with van der Waals surface area (Å²) in [6.07, 6.45) is 1.64. The summed E-state index contributed by atoms with van der Waals surface area (Å²) in [7, 11) is 1.54. The lowest BCUT2D eigenvalue weighted by molar-refractivity contribution is 0.0955. The summed E-state index contributed by atoms with van der Waals surface area (Å²) in [5.74, 6) is 0.449. The maximum Gasteiger partial charge on any atom is 0.275 e. The van der Waals surface area contributed by atoms with Crippen LogP contribution in [-0.2, 0) is 6.67 Å². The first kappa shape index (κ1) is 19.5. The van der Waals surface area contributed by atoms with Gasteiger partial charge in [-0.15, -0.1) is 0 Å². The molecule has 9 heteroatoms. The Labute approximate surface area is 173 Å². The van der Waals surface area contributed by atoms with Crippen molar-refractivity contribution in [2.24, 2.45) is 0 Å². The number of carbonyl (C=O) groups is 1. The predicted octanol–water partition coefficient (Wildman–Crippen LogP) is 0.802. The van der Waals surface area contributed by atoms with Gasteiger partial charge in [-0.2, -0.15) is 10.4 Å². The molecule has 3 heterocycles.